The summed E-state index contributed by atoms with van der Waals surface area (Å²) >= 11 is 0. The zero-order valence-corrected chi connectivity index (χ0v) is 35.4. The first-order valence-electron chi connectivity index (χ1n) is 23.3. The van der Waals surface area contributed by atoms with E-state index in [1.807, 2.05) is 0 Å². The highest BCUT2D eigenvalue weighted by Crippen LogP contribution is 2.15. The molecule has 0 rings (SSSR count). The summed E-state index contributed by atoms with van der Waals surface area (Å²) in [6.07, 6.45) is 44.8. The fourth-order valence-electron chi connectivity index (χ4n) is 7.17. The molecule has 1 atom stereocenters. The third-order valence-electron chi connectivity index (χ3n) is 10.7. The van der Waals surface area contributed by atoms with E-state index in [1.165, 1.54) is 154 Å². The summed E-state index contributed by atoms with van der Waals surface area (Å²) in [5, 5.41) is 9.25. The highest BCUT2D eigenvalue weighted by molar-refractivity contribution is 5.76. The van der Waals surface area contributed by atoms with Crippen LogP contribution in [0.4, 0.5) is 0 Å². The van der Waals surface area contributed by atoms with Gasteiger partial charge in [0.1, 0.15) is 0 Å². The van der Waals surface area contributed by atoms with Crippen LogP contribution in [0.25, 0.3) is 0 Å². The van der Waals surface area contributed by atoms with Gasteiger partial charge >= 0.3 is 0 Å². The zero-order valence-electron chi connectivity index (χ0n) is 35.4. The molecule has 0 spiro atoms. The first-order valence-corrected chi connectivity index (χ1v) is 23.3. The van der Waals surface area contributed by atoms with Crippen molar-refractivity contribution in [2.45, 2.75) is 264 Å². The van der Waals surface area contributed by atoms with Crippen LogP contribution in [0.5, 0.6) is 0 Å². The van der Waals surface area contributed by atoms with Crippen LogP contribution < -0.4 is 16.0 Å². The molecule has 0 fully saturated rings. The lowest BCUT2D eigenvalue weighted by Crippen LogP contribution is -2.32. The number of rotatable bonds is 42. The van der Waals surface area contributed by atoms with Gasteiger partial charge in [0.15, 0.2) is 0 Å². The molecule has 0 aromatic carbocycles. The van der Waals surface area contributed by atoms with Crippen LogP contribution in [0.3, 0.4) is 0 Å². The quantitative estimate of drug-likeness (QED) is 0.0546. The molecule has 0 bridgehead atoms. The number of hydrogen-bond donors (Lipinski definition) is 3. The highest BCUT2D eigenvalue weighted by Gasteiger charge is 2.08. The Bertz CT molecular complexity index is 774. The minimum Gasteiger partial charge on any atom is -0.356 e. The van der Waals surface area contributed by atoms with Crippen molar-refractivity contribution < 1.29 is 14.4 Å². The van der Waals surface area contributed by atoms with Crippen molar-refractivity contribution in [2.24, 2.45) is 0 Å². The molecular formula is C46H91N3O3. The van der Waals surface area contributed by atoms with Gasteiger partial charge in [-0.1, -0.05) is 187 Å². The molecule has 52 heavy (non-hydrogen) atoms. The fourth-order valence-corrected chi connectivity index (χ4v) is 7.17. The molecule has 0 aliphatic heterocycles. The van der Waals surface area contributed by atoms with Gasteiger partial charge in [0.2, 0.25) is 17.7 Å². The third-order valence-corrected chi connectivity index (χ3v) is 10.7. The summed E-state index contributed by atoms with van der Waals surface area (Å²) in [4.78, 5) is 36.6. The second-order valence-corrected chi connectivity index (χ2v) is 16.2. The maximum absolute atomic E-state index is 12.3. The van der Waals surface area contributed by atoms with Crippen molar-refractivity contribution in [1.82, 2.24) is 16.0 Å². The summed E-state index contributed by atoms with van der Waals surface area (Å²) in [6, 6.07) is 0.189. The average molecular weight is 734 g/mol. The van der Waals surface area contributed by atoms with Crippen molar-refractivity contribution in [2.75, 3.05) is 13.1 Å². The van der Waals surface area contributed by atoms with E-state index in [0.717, 1.165) is 64.2 Å². The molecule has 0 unspecified atom stereocenters. The minimum atomic E-state index is 0.122. The van der Waals surface area contributed by atoms with E-state index >= 15 is 0 Å². The molecule has 0 saturated carbocycles. The molecule has 0 radical (unpaired) electrons. The maximum Gasteiger partial charge on any atom is 0.220 e. The molecule has 0 aliphatic carbocycles. The van der Waals surface area contributed by atoms with Crippen LogP contribution in [-0.4, -0.2) is 36.9 Å². The van der Waals surface area contributed by atoms with Gasteiger partial charge in [-0.2, -0.15) is 0 Å². The SMILES string of the molecule is CCCCCCCCCCCCCCCCCC(=O)N[C@H](C)CCCCNC(=O)CCCCCNC(=O)CCCCCCCCCCCCCCC. The van der Waals surface area contributed by atoms with Crippen LogP contribution in [-0.2, 0) is 14.4 Å². The molecule has 3 N–H and O–H groups in total. The largest absolute Gasteiger partial charge is 0.356 e. The summed E-state index contributed by atoms with van der Waals surface area (Å²) in [6.45, 7) is 8.06. The lowest BCUT2D eigenvalue weighted by atomic mass is 10.0. The lowest BCUT2D eigenvalue weighted by molar-refractivity contribution is -0.122. The molecule has 0 saturated heterocycles. The molecule has 0 heterocycles. The molecule has 6 nitrogen and oxygen atoms in total. The molecular weight excluding hydrogens is 643 g/mol. The summed E-state index contributed by atoms with van der Waals surface area (Å²) in [5.74, 6) is 0.482. The Morgan fingerprint density at radius 1 is 0.346 bits per heavy atom. The van der Waals surface area contributed by atoms with Gasteiger partial charge in [0.05, 0.1) is 0 Å². The van der Waals surface area contributed by atoms with Gasteiger partial charge in [0, 0.05) is 38.4 Å². The van der Waals surface area contributed by atoms with Gasteiger partial charge in [-0.25, -0.2) is 0 Å². The van der Waals surface area contributed by atoms with Crippen molar-refractivity contribution in [1.29, 1.82) is 0 Å². The van der Waals surface area contributed by atoms with Gasteiger partial charge in [-0.15, -0.1) is 0 Å². The number of amides is 3. The van der Waals surface area contributed by atoms with Crippen molar-refractivity contribution in [3.05, 3.63) is 0 Å². The number of nitrogens with one attached hydrogen (secondary N) is 3. The highest BCUT2D eigenvalue weighted by atomic mass is 16.2. The van der Waals surface area contributed by atoms with E-state index in [2.05, 4.69) is 36.7 Å². The topological polar surface area (TPSA) is 87.3 Å². The van der Waals surface area contributed by atoms with Gasteiger partial charge in [-0.05, 0) is 51.9 Å². The van der Waals surface area contributed by atoms with E-state index in [-0.39, 0.29) is 23.8 Å². The van der Waals surface area contributed by atoms with Crippen LogP contribution in [0.1, 0.15) is 258 Å². The Morgan fingerprint density at radius 2 is 0.615 bits per heavy atom. The van der Waals surface area contributed by atoms with Crippen molar-refractivity contribution >= 4 is 17.7 Å². The van der Waals surface area contributed by atoms with Crippen molar-refractivity contribution in [3.8, 4) is 0 Å². The summed E-state index contributed by atoms with van der Waals surface area (Å²) in [5.41, 5.74) is 0. The van der Waals surface area contributed by atoms with E-state index in [9.17, 15) is 14.4 Å². The Hall–Kier alpha value is -1.59. The van der Waals surface area contributed by atoms with Crippen LogP contribution >= 0.6 is 0 Å². The zero-order chi connectivity index (χ0) is 38.0. The first kappa shape index (κ1) is 50.4. The standard InChI is InChI=1S/C46H91N3O3/c1-4-6-8-10-12-14-16-18-19-21-23-25-27-29-32-40-46(52)49-43(3)37-34-36-42-48-45(51)39-33-30-35-41-47-44(50)38-31-28-26-24-22-20-17-15-13-11-9-7-5-2/h43H,4-42H2,1-3H3,(H,47,50)(H,48,51)(H,49,52)/t43-/m1/s1. The predicted molar refractivity (Wildman–Crippen MR) is 226 cm³/mol. The van der Waals surface area contributed by atoms with Gasteiger partial charge < -0.3 is 16.0 Å². The molecule has 3 amide bonds. The van der Waals surface area contributed by atoms with Gasteiger partial charge in [0.25, 0.3) is 0 Å². The fraction of sp³-hybridized carbons (Fsp3) is 0.935. The second kappa shape index (κ2) is 42.2. The third kappa shape index (κ3) is 41.2. The Labute approximate surface area is 324 Å². The molecule has 6 heteroatoms. The maximum atomic E-state index is 12.3. The van der Waals surface area contributed by atoms with Gasteiger partial charge in [-0.3, -0.25) is 14.4 Å². The monoisotopic (exact) mass is 734 g/mol. The lowest BCUT2D eigenvalue weighted by Gasteiger charge is -2.14. The first-order chi connectivity index (χ1) is 25.5. The minimum absolute atomic E-state index is 0.122. The predicted octanol–water partition coefficient (Wildman–Crippen LogP) is 13.2. The Balaban J connectivity index is 3.41. The molecule has 0 aliphatic rings. The van der Waals surface area contributed by atoms with Crippen molar-refractivity contribution in [3.63, 3.8) is 0 Å². The Kier molecular flexibility index (Phi) is 40.9. The van der Waals surface area contributed by atoms with E-state index in [4.69, 9.17) is 0 Å². The smallest absolute Gasteiger partial charge is 0.220 e. The summed E-state index contributed by atoms with van der Waals surface area (Å²) in [7, 11) is 0. The van der Waals surface area contributed by atoms with Crippen LogP contribution in [0, 0.1) is 0 Å². The van der Waals surface area contributed by atoms with E-state index in [1.54, 1.807) is 0 Å². The molecule has 0 aromatic heterocycles. The van der Waals surface area contributed by atoms with Crippen LogP contribution in [0.15, 0.2) is 0 Å². The molecule has 0 aromatic rings. The van der Waals surface area contributed by atoms with E-state index in [0.29, 0.717) is 32.4 Å². The number of hydrogen-bond acceptors (Lipinski definition) is 3. The number of unbranched alkanes of at least 4 members (excludes halogenated alkanes) is 29. The Morgan fingerprint density at radius 3 is 0.962 bits per heavy atom. The number of carbonyl (C=O) groups is 3. The second-order valence-electron chi connectivity index (χ2n) is 16.2. The van der Waals surface area contributed by atoms with E-state index < -0.39 is 0 Å². The average Bonchev–Trinajstić information content (AvgIpc) is 3.13. The molecule has 308 valence electrons. The van der Waals surface area contributed by atoms with Crippen LogP contribution in [0.2, 0.25) is 0 Å². The normalized spacial score (nSPS) is 11.8. The summed E-state index contributed by atoms with van der Waals surface area (Å²) < 4.78 is 0. The number of carbonyl (C=O) groups excluding carboxylic acids is 3.